The Hall–Kier alpha value is -1.58. The molecule has 0 spiro atoms. The molecule has 0 saturated carbocycles. The molecule has 0 aromatic heterocycles. The van der Waals surface area contributed by atoms with Crippen molar-refractivity contribution in [1.82, 2.24) is 5.32 Å². The van der Waals surface area contributed by atoms with Gasteiger partial charge in [0.1, 0.15) is 5.82 Å². The van der Waals surface area contributed by atoms with Crippen LogP contribution in [0.5, 0.6) is 0 Å². The van der Waals surface area contributed by atoms with Gasteiger partial charge in [0.25, 0.3) is 0 Å². The number of alkyl halides is 3. The van der Waals surface area contributed by atoms with E-state index in [1.165, 1.54) is 0 Å². The Kier molecular flexibility index (Phi) is 5.99. The summed E-state index contributed by atoms with van der Waals surface area (Å²) >= 11 is 0. The van der Waals surface area contributed by atoms with Crippen LogP contribution in [0.1, 0.15) is 30.5 Å². The standard InChI is InChI=1S/C14H16F4N2/c1-2-3-4-7-20-13(9-19)11-6-5-10(15)8-12(11)14(16,17)18/h5-6,8,13,20H,4,7,9,19H2,1H3. The van der Waals surface area contributed by atoms with Crippen molar-refractivity contribution in [2.45, 2.75) is 25.6 Å². The third-order valence-electron chi connectivity index (χ3n) is 2.75. The summed E-state index contributed by atoms with van der Waals surface area (Å²) in [5.41, 5.74) is 4.46. The summed E-state index contributed by atoms with van der Waals surface area (Å²) in [7, 11) is 0. The van der Waals surface area contributed by atoms with E-state index >= 15 is 0 Å². The molecule has 1 rings (SSSR count). The van der Waals surface area contributed by atoms with Crippen molar-refractivity contribution in [2.24, 2.45) is 5.73 Å². The fourth-order valence-corrected chi connectivity index (χ4v) is 1.83. The molecule has 0 amide bonds. The number of halogens is 4. The van der Waals surface area contributed by atoms with Gasteiger partial charge in [-0.25, -0.2) is 4.39 Å². The quantitative estimate of drug-likeness (QED) is 0.497. The first-order valence-electron chi connectivity index (χ1n) is 6.09. The zero-order valence-corrected chi connectivity index (χ0v) is 11.0. The van der Waals surface area contributed by atoms with E-state index in [4.69, 9.17) is 5.73 Å². The molecule has 0 aliphatic rings. The SMILES string of the molecule is CC#CCCNC(CN)c1ccc(F)cc1C(F)(F)F. The van der Waals surface area contributed by atoms with Gasteiger partial charge in [0.2, 0.25) is 0 Å². The maximum Gasteiger partial charge on any atom is 0.416 e. The molecule has 0 radical (unpaired) electrons. The Balaban J connectivity index is 2.98. The van der Waals surface area contributed by atoms with Gasteiger partial charge in [-0.1, -0.05) is 6.07 Å². The van der Waals surface area contributed by atoms with E-state index < -0.39 is 23.6 Å². The average molecular weight is 288 g/mol. The monoisotopic (exact) mass is 288 g/mol. The minimum absolute atomic E-state index is 0.0196. The Morgan fingerprint density at radius 1 is 1.35 bits per heavy atom. The first kappa shape index (κ1) is 16.5. The lowest BCUT2D eigenvalue weighted by Crippen LogP contribution is -2.31. The fraction of sp³-hybridized carbons (Fsp3) is 0.429. The van der Waals surface area contributed by atoms with Gasteiger partial charge in [0.15, 0.2) is 0 Å². The minimum Gasteiger partial charge on any atom is -0.329 e. The van der Waals surface area contributed by atoms with Crippen LogP contribution in [0, 0.1) is 17.7 Å². The number of nitrogens with one attached hydrogen (secondary N) is 1. The van der Waals surface area contributed by atoms with Gasteiger partial charge in [-0.15, -0.1) is 11.8 Å². The van der Waals surface area contributed by atoms with E-state index in [1.807, 2.05) is 0 Å². The van der Waals surface area contributed by atoms with Crippen LogP contribution in [0.2, 0.25) is 0 Å². The summed E-state index contributed by atoms with van der Waals surface area (Å²) in [5, 5.41) is 2.90. The molecule has 1 atom stereocenters. The average Bonchev–Trinajstić information content (AvgIpc) is 2.38. The number of hydrogen-bond acceptors (Lipinski definition) is 2. The zero-order valence-electron chi connectivity index (χ0n) is 11.0. The van der Waals surface area contributed by atoms with Crippen LogP contribution in [-0.4, -0.2) is 13.1 Å². The lowest BCUT2D eigenvalue weighted by Gasteiger charge is -2.21. The number of rotatable bonds is 5. The van der Waals surface area contributed by atoms with Gasteiger partial charge in [-0.2, -0.15) is 13.2 Å². The van der Waals surface area contributed by atoms with E-state index in [9.17, 15) is 17.6 Å². The highest BCUT2D eigenvalue weighted by Crippen LogP contribution is 2.34. The molecule has 0 aliphatic carbocycles. The molecule has 3 N–H and O–H groups in total. The maximum atomic E-state index is 13.0. The molecule has 0 bridgehead atoms. The lowest BCUT2D eigenvalue weighted by atomic mass is 9.99. The Morgan fingerprint density at radius 2 is 2.05 bits per heavy atom. The van der Waals surface area contributed by atoms with Crippen molar-refractivity contribution >= 4 is 0 Å². The van der Waals surface area contributed by atoms with Gasteiger partial charge in [-0.3, -0.25) is 0 Å². The first-order chi connectivity index (χ1) is 9.40. The van der Waals surface area contributed by atoms with Gasteiger partial charge in [0.05, 0.1) is 5.56 Å². The summed E-state index contributed by atoms with van der Waals surface area (Å²) in [6.07, 6.45) is -4.11. The summed E-state index contributed by atoms with van der Waals surface area (Å²) in [6, 6.07) is 1.92. The highest BCUT2D eigenvalue weighted by atomic mass is 19.4. The van der Waals surface area contributed by atoms with Crippen molar-refractivity contribution in [2.75, 3.05) is 13.1 Å². The summed E-state index contributed by atoms with van der Waals surface area (Å²) in [4.78, 5) is 0. The number of nitrogens with two attached hydrogens (primary N) is 1. The van der Waals surface area contributed by atoms with Gasteiger partial charge in [-0.05, 0) is 24.6 Å². The Labute approximate surface area is 115 Å². The Morgan fingerprint density at radius 3 is 2.60 bits per heavy atom. The van der Waals surface area contributed by atoms with Crippen LogP contribution in [0.15, 0.2) is 18.2 Å². The smallest absolute Gasteiger partial charge is 0.329 e. The van der Waals surface area contributed by atoms with Crippen LogP contribution in [-0.2, 0) is 6.18 Å². The molecule has 0 aliphatic heterocycles. The molecule has 1 aromatic carbocycles. The van der Waals surface area contributed by atoms with Crippen molar-refractivity contribution in [1.29, 1.82) is 0 Å². The normalized spacial score (nSPS) is 12.7. The first-order valence-corrected chi connectivity index (χ1v) is 6.09. The third-order valence-corrected chi connectivity index (χ3v) is 2.75. The van der Waals surface area contributed by atoms with Crippen LogP contribution in [0.4, 0.5) is 17.6 Å². The second-order valence-electron chi connectivity index (χ2n) is 4.15. The van der Waals surface area contributed by atoms with Crippen molar-refractivity contribution in [3.8, 4) is 11.8 Å². The lowest BCUT2D eigenvalue weighted by molar-refractivity contribution is -0.138. The second kappa shape index (κ2) is 7.27. The minimum atomic E-state index is -4.62. The summed E-state index contributed by atoms with van der Waals surface area (Å²) in [6.45, 7) is 2.08. The Bertz CT molecular complexity index is 500. The largest absolute Gasteiger partial charge is 0.416 e. The molecular weight excluding hydrogens is 272 g/mol. The van der Waals surface area contributed by atoms with Crippen LogP contribution in [0.3, 0.4) is 0 Å². The van der Waals surface area contributed by atoms with Crippen LogP contribution < -0.4 is 11.1 Å². The van der Waals surface area contributed by atoms with Crippen LogP contribution in [0.25, 0.3) is 0 Å². The van der Waals surface area contributed by atoms with Crippen molar-refractivity contribution in [3.63, 3.8) is 0 Å². The predicted molar refractivity (Wildman–Crippen MR) is 69.3 cm³/mol. The predicted octanol–water partition coefficient (Wildman–Crippen LogP) is 2.85. The van der Waals surface area contributed by atoms with Gasteiger partial charge < -0.3 is 11.1 Å². The zero-order chi connectivity index (χ0) is 15.2. The molecule has 0 saturated heterocycles. The van der Waals surface area contributed by atoms with Crippen molar-refractivity contribution < 1.29 is 17.6 Å². The fourth-order valence-electron chi connectivity index (χ4n) is 1.83. The summed E-state index contributed by atoms with van der Waals surface area (Å²) in [5.74, 6) is 4.57. The highest BCUT2D eigenvalue weighted by Gasteiger charge is 2.35. The molecule has 1 aromatic rings. The molecule has 0 heterocycles. The molecule has 2 nitrogen and oxygen atoms in total. The maximum absolute atomic E-state index is 13.0. The molecular formula is C14H16F4N2. The van der Waals surface area contributed by atoms with Crippen molar-refractivity contribution in [3.05, 3.63) is 35.1 Å². The number of benzene rings is 1. The van der Waals surface area contributed by atoms with Gasteiger partial charge in [0, 0.05) is 25.6 Å². The van der Waals surface area contributed by atoms with Gasteiger partial charge >= 0.3 is 6.18 Å². The van der Waals surface area contributed by atoms with E-state index in [2.05, 4.69) is 17.2 Å². The van der Waals surface area contributed by atoms with E-state index in [0.717, 1.165) is 12.1 Å². The van der Waals surface area contributed by atoms with E-state index in [1.54, 1.807) is 6.92 Å². The molecule has 110 valence electrons. The number of hydrogen-bond donors (Lipinski definition) is 2. The molecule has 1 unspecified atom stereocenters. The molecule has 6 heteroatoms. The summed E-state index contributed by atoms with van der Waals surface area (Å²) < 4.78 is 51.8. The topological polar surface area (TPSA) is 38.0 Å². The van der Waals surface area contributed by atoms with E-state index in [-0.39, 0.29) is 12.1 Å². The molecule has 0 fully saturated rings. The third kappa shape index (κ3) is 4.51. The molecule has 20 heavy (non-hydrogen) atoms. The second-order valence-corrected chi connectivity index (χ2v) is 4.15. The van der Waals surface area contributed by atoms with Crippen LogP contribution >= 0.6 is 0 Å². The van der Waals surface area contributed by atoms with E-state index in [0.29, 0.717) is 19.0 Å². The highest BCUT2D eigenvalue weighted by molar-refractivity contribution is 5.33.